The first-order chi connectivity index (χ1) is 10.4. The van der Waals surface area contributed by atoms with Crippen LogP contribution in [0.3, 0.4) is 0 Å². The Morgan fingerprint density at radius 3 is 2.36 bits per heavy atom. The molecular formula is C20H26N2. The Balaban J connectivity index is 2.10. The summed E-state index contributed by atoms with van der Waals surface area (Å²) in [6, 6.07) is 6.80. The second-order valence-corrected chi connectivity index (χ2v) is 6.45. The van der Waals surface area contributed by atoms with Crippen molar-refractivity contribution < 1.29 is 0 Å². The van der Waals surface area contributed by atoms with E-state index in [2.05, 4.69) is 62.8 Å². The standard InChI is InChI=1S/C20H26N2/c1-14(2)12-17(5)21-20-11-10-19(13-16(20)4)22-18-8-6-15(3)7-9-18/h6-11,13-14,17,21H,3,12H2,1-2,4-5H3. The van der Waals surface area contributed by atoms with Crippen molar-refractivity contribution in [3.8, 4) is 0 Å². The van der Waals surface area contributed by atoms with Gasteiger partial charge in [0.15, 0.2) is 0 Å². The summed E-state index contributed by atoms with van der Waals surface area (Å²) in [7, 11) is 0. The summed E-state index contributed by atoms with van der Waals surface area (Å²) >= 11 is 0. The molecule has 0 bridgehead atoms. The molecule has 0 radical (unpaired) electrons. The van der Waals surface area contributed by atoms with Crippen molar-refractivity contribution in [1.29, 1.82) is 0 Å². The summed E-state index contributed by atoms with van der Waals surface area (Å²) in [5, 5.41) is 3.59. The highest BCUT2D eigenvalue weighted by Gasteiger charge is 2.07. The topological polar surface area (TPSA) is 24.4 Å². The van der Waals surface area contributed by atoms with Crippen molar-refractivity contribution in [3.05, 3.63) is 60.2 Å². The van der Waals surface area contributed by atoms with Crippen LogP contribution in [-0.2, 0) is 0 Å². The number of hydrogen-bond donors (Lipinski definition) is 1. The molecule has 1 aromatic rings. The van der Waals surface area contributed by atoms with E-state index in [1.165, 1.54) is 17.7 Å². The Labute approximate surface area is 134 Å². The summed E-state index contributed by atoms with van der Waals surface area (Å²) in [5.41, 5.74) is 5.37. The number of benzene rings is 1. The molecule has 1 unspecified atom stereocenters. The van der Waals surface area contributed by atoms with Crippen molar-refractivity contribution in [2.75, 3.05) is 5.32 Å². The molecule has 116 valence electrons. The molecule has 2 rings (SSSR count). The number of nitrogens with one attached hydrogen (secondary N) is 1. The van der Waals surface area contributed by atoms with Crippen LogP contribution in [0.1, 0.15) is 32.8 Å². The molecule has 0 amide bonds. The lowest BCUT2D eigenvalue weighted by Crippen LogP contribution is -2.17. The predicted molar refractivity (Wildman–Crippen MR) is 98.2 cm³/mol. The Morgan fingerprint density at radius 1 is 1.09 bits per heavy atom. The normalized spacial score (nSPS) is 15.3. The highest BCUT2D eigenvalue weighted by molar-refractivity contribution is 6.07. The molecule has 0 aliphatic heterocycles. The van der Waals surface area contributed by atoms with Gasteiger partial charge in [0.25, 0.3) is 0 Å². The molecule has 0 saturated heterocycles. The van der Waals surface area contributed by atoms with Crippen LogP contribution < -0.4 is 5.32 Å². The third-order valence-electron chi connectivity index (χ3n) is 3.63. The van der Waals surface area contributed by atoms with Gasteiger partial charge in [-0.05, 0) is 67.7 Å². The zero-order valence-corrected chi connectivity index (χ0v) is 14.1. The number of allylic oxidation sites excluding steroid dienone is 5. The van der Waals surface area contributed by atoms with Crippen LogP contribution in [-0.4, -0.2) is 11.8 Å². The number of aliphatic imine (C=N–C) groups is 1. The first-order valence-corrected chi connectivity index (χ1v) is 7.95. The van der Waals surface area contributed by atoms with Crippen LogP contribution in [0.25, 0.3) is 0 Å². The second-order valence-electron chi connectivity index (χ2n) is 6.45. The highest BCUT2D eigenvalue weighted by atomic mass is 14.9. The summed E-state index contributed by atoms with van der Waals surface area (Å²) in [5.74, 6) is 0.702. The van der Waals surface area contributed by atoms with Crippen LogP contribution in [0, 0.1) is 12.8 Å². The van der Waals surface area contributed by atoms with E-state index in [-0.39, 0.29) is 0 Å². The number of rotatable bonds is 5. The average molecular weight is 294 g/mol. The van der Waals surface area contributed by atoms with Gasteiger partial charge in [0, 0.05) is 11.7 Å². The molecule has 0 fully saturated rings. The molecule has 2 nitrogen and oxygen atoms in total. The Morgan fingerprint density at radius 2 is 1.77 bits per heavy atom. The van der Waals surface area contributed by atoms with E-state index in [1.54, 1.807) is 0 Å². The molecule has 0 saturated carbocycles. The van der Waals surface area contributed by atoms with Crippen LogP contribution in [0.5, 0.6) is 0 Å². The van der Waals surface area contributed by atoms with Gasteiger partial charge in [-0.25, -0.2) is 4.99 Å². The lowest BCUT2D eigenvalue weighted by molar-refractivity contribution is 0.539. The van der Waals surface area contributed by atoms with Crippen molar-refractivity contribution in [2.24, 2.45) is 10.9 Å². The van der Waals surface area contributed by atoms with E-state index in [4.69, 9.17) is 0 Å². The van der Waals surface area contributed by atoms with E-state index < -0.39 is 0 Å². The summed E-state index contributed by atoms with van der Waals surface area (Å²) in [6.45, 7) is 12.8. The molecule has 2 heteroatoms. The van der Waals surface area contributed by atoms with E-state index in [1.807, 2.05) is 24.3 Å². The van der Waals surface area contributed by atoms with Crippen LogP contribution in [0.4, 0.5) is 11.4 Å². The smallest absolute Gasteiger partial charge is 0.0641 e. The fourth-order valence-corrected chi connectivity index (χ4v) is 2.63. The van der Waals surface area contributed by atoms with Crippen LogP contribution in [0.2, 0.25) is 0 Å². The first kappa shape index (κ1) is 16.3. The predicted octanol–water partition coefficient (Wildman–Crippen LogP) is 5.60. The van der Waals surface area contributed by atoms with Crippen molar-refractivity contribution in [1.82, 2.24) is 0 Å². The lowest BCUT2D eigenvalue weighted by Gasteiger charge is -2.19. The molecule has 0 heterocycles. The van der Waals surface area contributed by atoms with E-state index >= 15 is 0 Å². The maximum atomic E-state index is 4.66. The van der Waals surface area contributed by atoms with Gasteiger partial charge in [-0.3, -0.25) is 0 Å². The largest absolute Gasteiger partial charge is 0.382 e. The van der Waals surface area contributed by atoms with Gasteiger partial charge in [0.1, 0.15) is 0 Å². The number of hydrogen-bond acceptors (Lipinski definition) is 2. The minimum atomic E-state index is 0.478. The number of nitrogens with zero attached hydrogens (tertiary/aromatic N) is 1. The van der Waals surface area contributed by atoms with Gasteiger partial charge in [-0.1, -0.05) is 32.6 Å². The summed E-state index contributed by atoms with van der Waals surface area (Å²) < 4.78 is 0. The van der Waals surface area contributed by atoms with Gasteiger partial charge >= 0.3 is 0 Å². The minimum Gasteiger partial charge on any atom is -0.382 e. The fraction of sp³-hybridized carbons (Fsp3) is 0.350. The Kier molecular flexibility index (Phi) is 5.37. The van der Waals surface area contributed by atoms with Gasteiger partial charge in [-0.15, -0.1) is 0 Å². The van der Waals surface area contributed by atoms with Crippen molar-refractivity contribution in [3.63, 3.8) is 0 Å². The van der Waals surface area contributed by atoms with Crippen LogP contribution >= 0.6 is 0 Å². The fourth-order valence-electron chi connectivity index (χ4n) is 2.63. The van der Waals surface area contributed by atoms with Gasteiger partial charge < -0.3 is 5.32 Å². The molecule has 1 aliphatic rings. The Hall–Kier alpha value is -2.09. The Bertz CT molecular complexity index is 615. The molecule has 0 aromatic heterocycles. The van der Waals surface area contributed by atoms with Crippen LogP contribution in [0.15, 0.2) is 59.6 Å². The van der Waals surface area contributed by atoms with Crippen molar-refractivity contribution in [2.45, 2.75) is 40.2 Å². The lowest BCUT2D eigenvalue weighted by atomic mass is 10.0. The van der Waals surface area contributed by atoms with Crippen molar-refractivity contribution >= 4 is 17.1 Å². The van der Waals surface area contributed by atoms with Gasteiger partial charge in [-0.2, -0.15) is 0 Å². The zero-order chi connectivity index (χ0) is 16.1. The maximum Gasteiger partial charge on any atom is 0.0641 e. The van der Waals surface area contributed by atoms with E-state index in [0.29, 0.717) is 12.0 Å². The first-order valence-electron chi connectivity index (χ1n) is 7.95. The zero-order valence-electron chi connectivity index (χ0n) is 14.1. The minimum absolute atomic E-state index is 0.478. The van der Waals surface area contributed by atoms with E-state index in [9.17, 15) is 0 Å². The number of aryl methyl sites for hydroxylation is 1. The summed E-state index contributed by atoms with van der Waals surface area (Å²) in [4.78, 5) is 4.66. The molecular weight excluding hydrogens is 268 g/mol. The van der Waals surface area contributed by atoms with Gasteiger partial charge in [0.05, 0.1) is 11.4 Å². The summed E-state index contributed by atoms with van der Waals surface area (Å²) in [6.07, 6.45) is 9.12. The molecule has 1 aromatic carbocycles. The molecule has 0 spiro atoms. The quantitative estimate of drug-likeness (QED) is 0.751. The third-order valence-corrected chi connectivity index (χ3v) is 3.63. The highest BCUT2D eigenvalue weighted by Crippen LogP contribution is 2.24. The SMILES string of the molecule is C=C1C=CC(=Nc2ccc(NC(C)CC(C)C)c(C)c2)C=C1. The second kappa shape index (κ2) is 7.26. The monoisotopic (exact) mass is 294 g/mol. The molecule has 22 heavy (non-hydrogen) atoms. The average Bonchev–Trinajstić information content (AvgIpc) is 2.43. The molecule has 1 aliphatic carbocycles. The van der Waals surface area contributed by atoms with Gasteiger partial charge in [0.2, 0.25) is 0 Å². The molecule has 1 N–H and O–H groups in total. The molecule has 1 atom stereocenters. The van der Waals surface area contributed by atoms with E-state index in [0.717, 1.165) is 17.0 Å². The number of anilines is 1. The third kappa shape index (κ3) is 4.73. The maximum absolute atomic E-state index is 4.66.